The summed E-state index contributed by atoms with van der Waals surface area (Å²) in [6.45, 7) is 3.83. The first kappa shape index (κ1) is 21.4. The number of amides is 1. The summed E-state index contributed by atoms with van der Waals surface area (Å²) in [5.41, 5.74) is 1.62. The Morgan fingerprint density at radius 1 is 1.38 bits per heavy atom. The van der Waals surface area contributed by atoms with Crippen LogP contribution in [0, 0.1) is 17.2 Å². The molecule has 130 valence electrons. The lowest BCUT2D eigenvalue weighted by Gasteiger charge is -2.11. The number of carboxylic acid groups (broad SMARTS) is 1. The van der Waals surface area contributed by atoms with Crippen molar-refractivity contribution in [2.75, 3.05) is 20.7 Å². The van der Waals surface area contributed by atoms with Gasteiger partial charge in [0.05, 0.1) is 12.7 Å². The Morgan fingerprint density at radius 2 is 2.04 bits per heavy atom. The summed E-state index contributed by atoms with van der Waals surface area (Å²) in [5.74, 6) is -2.13. The zero-order valence-corrected chi connectivity index (χ0v) is 14.5. The van der Waals surface area contributed by atoms with Crippen LogP contribution in [0.25, 0.3) is 6.08 Å². The Balaban J connectivity index is 0.00000254. The maximum Gasteiger partial charge on any atom is 0.329 e. The molecule has 0 saturated carbocycles. The molecular formula is C18H24N2O4. The Bertz CT molecular complexity index is 603. The average molecular weight is 332 g/mol. The maximum absolute atomic E-state index is 11.7. The molecule has 0 fully saturated rings. The molecule has 0 aliphatic heterocycles. The maximum atomic E-state index is 11.7. The number of aliphatic carboxylic acids is 1. The predicted molar refractivity (Wildman–Crippen MR) is 91.9 cm³/mol. The number of nitrogens with zero attached hydrogens (tertiary/aromatic N) is 2. The van der Waals surface area contributed by atoms with Gasteiger partial charge in [-0.3, -0.25) is 4.79 Å². The van der Waals surface area contributed by atoms with Crippen molar-refractivity contribution in [2.45, 2.75) is 20.5 Å². The smallest absolute Gasteiger partial charge is 0.329 e. The molecule has 0 radical (unpaired) electrons. The van der Waals surface area contributed by atoms with Gasteiger partial charge < -0.3 is 14.7 Å². The lowest BCUT2D eigenvalue weighted by molar-refractivity contribution is -0.142. The van der Waals surface area contributed by atoms with Crippen LogP contribution in [-0.4, -0.2) is 42.6 Å². The summed E-state index contributed by atoms with van der Waals surface area (Å²) in [6.07, 6.45) is 3.23. The van der Waals surface area contributed by atoms with E-state index < -0.39 is 11.9 Å². The second kappa shape index (κ2) is 11.9. The molecule has 1 rings (SSSR count). The van der Waals surface area contributed by atoms with E-state index in [1.807, 2.05) is 38.1 Å². The fourth-order valence-corrected chi connectivity index (χ4v) is 1.71. The van der Waals surface area contributed by atoms with Gasteiger partial charge in [-0.15, -0.1) is 0 Å². The van der Waals surface area contributed by atoms with Crippen LogP contribution >= 0.6 is 0 Å². The summed E-state index contributed by atoms with van der Waals surface area (Å²) in [7, 11) is 3.20. The Kier molecular flexibility index (Phi) is 10.5. The van der Waals surface area contributed by atoms with Crippen LogP contribution in [0.5, 0.6) is 0 Å². The molecule has 1 aromatic carbocycles. The quantitative estimate of drug-likeness (QED) is 0.828. The van der Waals surface area contributed by atoms with Gasteiger partial charge in [-0.1, -0.05) is 44.2 Å². The molecule has 6 heteroatoms. The van der Waals surface area contributed by atoms with Crippen molar-refractivity contribution in [2.24, 2.45) is 5.92 Å². The molecule has 1 atom stereocenters. The summed E-state index contributed by atoms with van der Waals surface area (Å²) in [5, 5.41) is 17.5. The molecule has 1 aromatic rings. The first-order valence-corrected chi connectivity index (χ1v) is 7.61. The summed E-state index contributed by atoms with van der Waals surface area (Å²) >= 11 is 0. The predicted octanol–water partition coefficient (Wildman–Crippen LogP) is 2.56. The van der Waals surface area contributed by atoms with Gasteiger partial charge in [0, 0.05) is 14.1 Å². The van der Waals surface area contributed by atoms with E-state index in [4.69, 9.17) is 15.1 Å². The Hall–Kier alpha value is -2.65. The monoisotopic (exact) mass is 332 g/mol. The summed E-state index contributed by atoms with van der Waals surface area (Å²) < 4.78 is 5.02. The second-order valence-corrected chi connectivity index (χ2v) is 4.83. The fourth-order valence-electron chi connectivity index (χ4n) is 1.71. The molecule has 0 spiro atoms. The van der Waals surface area contributed by atoms with E-state index in [1.165, 1.54) is 4.90 Å². The van der Waals surface area contributed by atoms with Crippen LogP contribution in [0.15, 0.2) is 30.3 Å². The SMILES string of the molecule is CC.CN(C)C(=O)C(C#N)/C=C/c1cccc(COCC(=O)O)c1. The molecule has 1 unspecified atom stereocenters. The molecular weight excluding hydrogens is 308 g/mol. The van der Waals surface area contributed by atoms with E-state index in [-0.39, 0.29) is 19.1 Å². The summed E-state index contributed by atoms with van der Waals surface area (Å²) in [4.78, 5) is 23.5. The number of carbonyl (C=O) groups excluding carboxylic acids is 1. The van der Waals surface area contributed by atoms with Crippen molar-refractivity contribution < 1.29 is 19.4 Å². The van der Waals surface area contributed by atoms with Crippen LogP contribution in [0.1, 0.15) is 25.0 Å². The van der Waals surface area contributed by atoms with Gasteiger partial charge in [0.25, 0.3) is 0 Å². The third-order valence-corrected chi connectivity index (χ3v) is 2.77. The van der Waals surface area contributed by atoms with E-state index in [0.717, 1.165) is 11.1 Å². The molecule has 0 heterocycles. The van der Waals surface area contributed by atoms with Crippen LogP contribution in [0.2, 0.25) is 0 Å². The molecule has 24 heavy (non-hydrogen) atoms. The number of rotatable bonds is 7. The molecule has 6 nitrogen and oxygen atoms in total. The third-order valence-electron chi connectivity index (χ3n) is 2.77. The van der Waals surface area contributed by atoms with Gasteiger partial charge in [-0.25, -0.2) is 4.79 Å². The van der Waals surface area contributed by atoms with Crippen LogP contribution in [0.3, 0.4) is 0 Å². The van der Waals surface area contributed by atoms with Gasteiger partial charge in [0.1, 0.15) is 12.5 Å². The minimum absolute atomic E-state index is 0.187. The second-order valence-electron chi connectivity index (χ2n) is 4.83. The molecule has 0 aromatic heterocycles. The number of carboxylic acids is 1. The van der Waals surface area contributed by atoms with E-state index >= 15 is 0 Å². The highest BCUT2D eigenvalue weighted by molar-refractivity contribution is 5.83. The normalized spacial score (nSPS) is 11.1. The molecule has 0 aliphatic carbocycles. The van der Waals surface area contributed by atoms with Crippen LogP contribution < -0.4 is 0 Å². The highest BCUT2D eigenvalue weighted by atomic mass is 16.5. The largest absolute Gasteiger partial charge is 0.480 e. The zero-order valence-electron chi connectivity index (χ0n) is 14.5. The lowest BCUT2D eigenvalue weighted by Crippen LogP contribution is -2.27. The number of carbonyl (C=O) groups is 2. The van der Waals surface area contributed by atoms with Crippen molar-refractivity contribution in [1.82, 2.24) is 4.90 Å². The van der Waals surface area contributed by atoms with Gasteiger partial charge in [0.15, 0.2) is 0 Å². The van der Waals surface area contributed by atoms with Crippen molar-refractivity contribution in [1.29, 1.82) is 5.26 Å². The van der Waals surface area contributed by atoms with Crippen molar-refractivity contribution in [3.8, 4) is 6.07 Å². The molecule has 0 saturated heterocycles. The topological polar surface area (TPSA) is 90.6 Å². The van der Waals surface area contributed by atoms with Crippen LogP contribution in [-0.2, 0) is 20.9 Å². The highest BCUT2D eigenvalue weighted by Gasteiger charge is 2.15. The van der Waals surface area contributed by atoms with E-state index in [9.17, 15) is 9.59 Å². The third kappa shape index (κ3) is 8.11. The number of benzene rings is 1. The average Bonchev–Trinajstić information content (AvgIpc) is 2.57. The minimum Gasteiger partial charge on any atom is -0.480 e. The first-order valence-electron chi connectivity index (χ1n) is 7.61. The standard InChI is InChI=1S/C16H18N2O4.C2H6/c1-18(2)16(21)14(9-17)7-6-12-4-3-5-13(8-12)10-22-11-15(19)20;1-2/h3-8,14H,10-11H2,1-2H3,(H,19,20);1-2H3/b7-6+;. The van der Waals surface area contributed by atoms with E-state index in [1.54, 1.807) is 32.3 Å². The van der Waals surface area contributed by atoms with Gasteiger partial charge in [0.2, 0.25) is 5.91 Å². The molecule has 1 amide bonds. The minimum atomic E-state index is -1.02. The Labute approximate surface area is 143 Å². The van der Waals surface area contributed by atoms with Crippen LogP contribution in [0.4, 0.5) is 0 Å². The van der Waals surface area contributed by atoms with Crippen molar-refractivity contribution in [3.05, 3.63) is 41.5 Å². The molecule has 0 bridgehead atoms. The zero-order chi connectivity index (χ0) is 18.5. The Morgan fingerprint density at radius 3 is 2.58 bits per heavy atom. The molecule has 0 aliphatic rings. The van der Waals surface area contributed by atoms with Crippen molar-refractivity contribution in [3.63, 3.8) is 0 Å². The van der Waals surface area contributed by atoms with E-state index in [0.29, 0.717) is 0 Å². The number of hydrogen-bond acceptors (Lipinski definition) is 4. The van der Waals surface area contributed by atoms with E-state index in [2.05, 4.69) is 0 Å². The lowest BCUT2D eigenvalue weighted by atomic mass is 10.1. The number of hydrogen-bond donors (Lipinski definition) is 1. The van der Waals surface area contributed by atoms with Gasteiger partial charge in [-0.05, 0) is 17.2 Å². The van der Waals surface area contributed by atoms with Gasteiger partial charge in [-0.2, -0.15) is 5.26 Å². The number of ether oxygens (including phenoxy) is 1. The van der Waals surface area contributed by atoms with Crippen molar-refractivity contribution >= 4 is 18.0 Å². The number of nitriles is 1. The highest BCUT2D eigenvalue weighted by Crippen LogP contribution is 2.11. The van der Waals surface area contributed by atoms with Gasteiger partial charge >= 0.3 is 5.97 Å². The summed E-state index contributed by atoms with van der Waals surface area (Å²) in [6, 6.07) is 9.20. The fraction of sp³-hybridized carbons (Fsp3) is 0.389. The first-order chi connectivity index (χ1) is 11.4. The molecule has 1 N–H and O–H groups in total.